The number of esters is 2. The van der Waals surface area contributed by atoms with Crippen molar-refractivity contribution in [1.82, 2.24) is 0 Å². The van der Waals surface area contributed by atoms with Gasteiger partial charge in [-0.05, 0) is 36.4 Å². The highest BCUT2D eigenvalue weighted by atomic mass is 32.1. The predicted octanol–water partition coefficient (Wildman–Crippen LogP) is 3.29. The molecule has 0 spiro atoms. The van der Waals surface area contributed by atoms with Crippen molar-refractivity contribution < 1.29 is 23.8 Å². The van der Waals surface area contributed by atoms with Gasteiger partial charge in [0, 0.05) is 9.79 Å². The summed E-state index contributed by atoms with van der Waals surface area (Å²) in [5.74, 6) is -0.866. The van der Waals surface area contributed by atoms with Gasteiger partial charge in [0.05, 0.1) is 24.3 Å². The summed E-state index contributed by atoms with van der Waals surface area (Å²) >= 11 is 8.33. The van der Waals surface area contributed by atoms with Crippen molar-refractivity contribution in [3.8, 4) is 0 Å². The Morgan fingerprint density at radius 3 is 1.56 bits per heavy atom. The van der Waals surface area contributed by atoms with E-state index >= 15 is 0 Å². The molecule has 0 aliphatic carbocycles. The van der Waals surface area contributed by atoms with Crippen molar-refractivity contribution in [3.63, 3.8) is 0 Å². The first-order chi connectivity index (χ1) is 12.1. The van der Waals surface area contributed by atoms with Crippen LogP contribution in [0.5, 0.6) is 0 Å². The summed E-state index contributed by atoms with van der Waals surface area (Å²) in [4.78, 5) is 24.9. The summed E-state index contributed by atoms with van der Waals surface area (Å²) in [7, 11) is 0. The minimum atomic E-state index is -0.433. The van der Waals surface area contributed by atoms with Crippen LogP contribution in [-0.4, -0.2) is 38.4 Å². The van der Waals surface area contributed by atoms with Gasteiger partial charge in [0.2, 0.25) is 0 Å². The van der Waals surface area contributed by atoms with Crippen LogP contribution in [0.2, 0.25) is 0 Å². The van der Waals surface area contributed by atoms with E-state index in [0.29, 0.717) is 20.9 Å². The quantitative estimate of drug-likeness (QED) is 0.419. The molecule has 0 aliphatic heterocycles. The van der Waals surface area contributed by atoms with Gasteiger partial charge in [-0.2, -0.15) is 0 Å². The standard InChI is InChI=1S/C18H18O5S2/c19-17(13-3-1-5-15(24)11-13)22-9-7-21-8-10-23-18(20)14-4-2-6-16(25)12-14/h1-6,11-12,24-25H,7-10H2. The molecule has 0 N–H and O–H groups in total. The van der Waals surface area contributed by atoms with Crippen LogP contribution in [0.3, 0.4) is 0 Å². The summed E-state index contributed by atoms with van der Waals surface area (Å²) in [6.45, 7) is 0.669. The topological polar surface area (TPSA) is 61.8 Å². The van der Waals surface area contributed by atoms with Gasteiger partial charge >= 0.3 is 11.9 Å². The number of ether oxygens (including phenoxy) is 3. The first kappa shape index (κ1) is 19.4. The Morgan fingerprint density at radius 2 is 1.16 bits per heavy atom. The largest absolute Gasteiger partial charge is 0.460 e. The van der Waals surface area contributed by atoms with E-state index in [-0.39, 0.29) is 26.4 Å². The summed E-state index contributed by atoms with van der Waals surface area (Å²) in [6, 6.07) is 13.6. The molecular weight excluding hydrogens is 360 g/mol. The molecule has 0 heterocycles. The lowest BCUT2D eigenvalue weighted by Crippen LogP contribution is -2.14. The molecule has 0 saturated heterocycles. The van der Waals surface area contributed by atoms with Gasteiger partial charge in [0.1, 0.15) is 13.2 Å². The lowest BCUT2D eigenvalue weighted by atomic mass is 10.2. The molecule has 5 nitrogen and oxygen atoms in total. The predicted molar refractivity (Wildman–Crippen MR) is 98.8 cm³/mol. The second kappa shape index (κ2) is 10.1. The van der Waals surface area contributed by atoms with E-state index < -0.39 is 11.9 Å². The average Bonchev–Trinajstić information content (AvgIpc) is 2.60. The van der Waals surface area contributed by atoms with Crippen LogP contribution in [-0.2, 0) is 14.2 Å². The molecule has 7 heteroatoms. The number of rotatable bonds is 8. The third-order valence-corrected chi connectivity index (χ3v) is 3.64. The van der Waals surface area contributed by atoms with E-state index in [4.69, 9.17) is 14.2 Å². The fourth-order valence-corrected chi connectivity index (χ4v) is 2.37. The van der Waals surface area contributed by atoms with Crippen molar-refractivity contribution in [2.45, 2.75) is 9.79 Å². The zero-order chi connectivity index (χ0) is 18.1. The molecule has 0 unspecified atom stereocenters. The molecule has 0 aromatic heterocycles. The fraction of sp³-hybridized carbons (Fsp3) is 0.222. The molecule has 132 valence electrons. The van der Waals surface area contributed by atoms with Crippen LogP contribution >= 0.6 is 25.3 Å². The fourth-order valence-electron chi connectivity index (χ4n) is 1.92. The number of thiol groups is 2. The van der Waals surface area contributed by atoms with E-state index in [1.54, 1.807) is 48.5 Å². The summed E-state index contributed by atoms with van der Waals surface area (Å²) < 4.78 is 15.4. The lowest BCUT2D eigenvalue weighted by molar-refractivity contribution is 0.0151. The summed E-state index contributed by atoms with van der Waals surface area (Å²) in [6.07, 6.45) is 0. The van der Waals surface area contributed by atoms with Crippen molar-refractivity contribution >= 4 is 37.2 Å². The average molecular weight is 378 g/mol. The maximum absolute atomic E-state index is 11.8. The second-order valence-electron chi connectivity index (χ2n) is 4.98. The number of carbonyl (C=O) groups excluding carboxylic acids is 2. The van der Waals surface area contributed by atoms with Crippen LogP contribution in [0.1, 0.15) is 20.7 Å². The van der Waals surface area contributed by atoms with Crippen molar-refractivity contribution in [1.29, 1.82) is 0 Å². The van der Waals surface area contributed by atoms with E-state index in [1.807, 2.05) is 0 Å². The van der Waals surface area contributed by atoms with Crippen LogP contribution in [0, 0.1) is 0 Å². The summed E-state index contributed by atoms with van der Waals surface area (Å²) in [5.41, 5.74) is 0.876. The van der Waals surface area contributed by atoms with E-state index in [1.165, 1.54) is 0 Å². The first-order valence-electron chi connectivity index (χ1n) is 7.56. The van der Waals surface area contributed by atoms with Crippen LogP contribution in [0.4, 0.5) is 0 Å². The molecular formula is C18H18O5S2. The molecule has 0 amide bonds. The first-order valence-corrected chi connectivity index (χ1v) is 8.46. The normalized spacial score (nSPS) is 10.3. The molecule has 0 fully saturated rings. The smallest absolute Gasteiger partial charge is 0.338 e. The SMILES string of the molecule is O=C(OCCOCCOC(=O)c1cccc(S)c1)c1cccc(S)c1. The molecule has 2 rings (SSSR count). The van der Waals surface area contributed by atoms with Gasteiger partial charge in [-0.15, -0.1) is 25.3 Å². The van der Waals surface area contributed by atoms with Gasteiger partial charge in [-0.3, -0.25) is 0 Å². The Balaban J connectivity index is 1.58. The van der Waals surface area contributed by atoms with E-state index in [0.717, 1.165) is 0 Å². The number of hydrogen-bond donors (Lipinski definition) is 2. The Morgan fingerprint density at radius 1 is 0.720 bits per heavy atom. The third kappa shape index (κ3) is 6.81. The second-order valence-corrected chi connectivity index (χ2v) is 6.02. The van der Waals surface area contributed by atoms with Gasteiger partial charge in [-0.1, -0.05) is 12.1 Å². The van der Waals surface area contributed by atoms with Crippen LogP contribution in [0.15, 0.2) is 58.3 Å². The maximum atomic E-state index is 11.8. The Labute approximate surface area is 157 Å². The molecule has 0 radical (unpaired) electrons. The molecule has 2 aromatic rings. The van der Waals surface area contributed by atoms with Crippen molar-refractivity contribution in [2.24, 2.45) is 0 Å². The summed E-state index contributed by atoms with van der Waals surface area (Å²) in [5, 5.41) is 0. The number of hydrogen-bond acceptors (Lipinski definition) is 7. The third-order valence-electron chi connectivity index (χ3n) is 3.09. The minimum Gasteiger partial charge on any atom is -0.460 e. The van der Waals surface area contributed by atoms with Crippen LogP contribution in [0.25, 0.3) is 0 Å². The number of carbonyl (C=O) groups is 2. The highest BCUT2D eigenvalue weighted by Crippen LogP contribution is 2.10. The zero-order valence-electron chi connectivity index (χ0n) is 13.4. The van der Waals surface area contributed by atoms with Gasteiger partial charge in [0.15, 0.2) is 0 Å². The molecule has 25 heavy (non-hydrogen) atoms. The Bertz CT molecular complexity index is 671. The Kier molecular flexibility index (Phi) is 7.84. The highest BCUT2D eigenvalue weighted by Gasteiger charge is 2.08. The van der Waals surface area contributed by atoms with Crippen molar-refractivity contribution in [3.05, 3.63) is 59.7 Å². The van der Waals surface area contributed by atoms with E-state index in [2.05, 4.69) is 25.3 Å². The molecule has 0 aliphatic rings. The van der Waals surface area contributed by atoms with E-state index in [9.17, 15) is 9.59 Å². The molecule has 0 atom stereocenters. The molecule has 2 aromatic carbocycles. The van der Waals surface area contributed by atoms with Gasteiger partial charge in [-0.25, -0.2) is 9.59 Å². The minimum absolute atomic E-state index is 0.116. The maximum Gasteiger partial charge on any atom is 0.338 e. The monoisotopic (exact) mass is 378 g/mol. The zero-order valence-corrected chi connectivity index (χ0v) is 15.2. The van der Waals surface area contributed by atoms with Gasteiger partial charge < -0.3 is 14.2 Å². The molecule has 0 saturated carbocycles. The highest BCUT2D eigenvalue weighted by molar-refractivity contribution is 7.80. The van der Waals surface area contributed by atoms with Gasteiger partial charge in [0.25, 0.3) is 0 Å². The lowest BCUT2D eigenvalue weighted by Gasteiger charge is -2.08. The number of benzene rings is 2. The molecule has 0 bridgehead atoms. The van der Waals surface area contributed by atoms with Crippen LogP contribution < -0.4 is 0 Å². The van der Waals surface area contributed by atoms with Crippen molar-refractivity contribution in [2.75, 3.05) is 26.4 Å². The Hall–Kier alpha value is -1.96.